The van der Waals surface area contributed by atoms with Crippen molar-refractivity contribution in [2.24, 2.45) is 0 Å². The minimum atomic E-state index is -3.38. The van der Waals surface area contributed by atoms with E-state index in [9.17, 15) is 8.42 Å². The van der Waals surface area contributed by atoms with Crippen molar-refractivity contribution in [1.82, 2.24) is 15.0 Å². The molecule has 0 radical (unpaired) electrons. The molecule has 5 aromatic rings. The van der Waals surface area contributed by atoms with Crippen molar-refractivity contribution in [2.75, 3.05) is 18.2 Å². The summed E-state index contributed by atoms with van der Waals surface area (Å²) >= 11 is 0. The van der Waals surface area contributed by atoms with E-state index in [4.69, 9.17) is 14.1 Å². The molecule has 2 aromatic heterocycles. The van der Waals surface area contributed by atoms with Crippen LogP contribution in [0.4, 0.5) is 11.7 Å². The normalized spacial score (nSPS) is 11.3. The number of oxazole rings is 1. The van der Waals surface area contributed by atoms with Gasteiger partial charge in [0.05, 0.1) is 35.3 Å². The third-order valence-corrected chi connectivity index (χ3v) is 7.52. The number of ether oxygens (including phenoxy) is 1. The maximum absolute atomic E-state index is 12.3. The molecule has 0 saturated heterocycles. The Balaban J connectivity index is 1.42. The Morgan fingerprint density at radius 1 is 0.892 bits per heavy atom. The average molecular weight is 513 g/mol. The molecule has 9 heteroatoms. The molecule has 0 aliphatic rings. The summed E-state index contributed by atoms with van der Waals surface area (Å²) in [6.45, 7) is 1.60. The molecule has 0 unspecified atom stereocenters. The summed E-state index contributed by atoms with van der Waals surface area (Å²) in [5.41, 5.74) is 3.88. The van der Waals surface area contributed by atoms with Crippen molar-refractivity contribution < 1.29 is 17.6 Å². The van der Waals surface area contributed by atoms with Crippen LogP contribution in [0.5, 0.6) is 5.75 Å². The van der Waals surface area contributed by atoms with Crippen LogP contribution < -0.4 is 10.1 Å². The van der Waals surface area contributed by atoms with E-state index in [2.05, 4.69) is 15.3 Å². The van der Waals surface area contributed by atoms with Gasteiger partial charge in [-0.15, -0.1) is 0 Å². The number of benzene rings is 3. The number of rotatable bonds is 8. The quantitative estimate of drug-likeness (QED) is 0.269. The second-order valence-electron chi connectivity index (χ2n) is 8.13. The Kier molecular flexibility index (Phi) is 6.70. The minimum absolute atomic E-state index is 0.00254. The predicted octanol–water partition coefficient (Wildman–Crippen LogP) is 6.01. The van der Waals surface area contributed by atoms with Crippen molar-refractivity contribution in [1.29, 1.82) is 0 Å². The van der Waals surface area contributed by atoms with Gasteiger partial charge in [0.15, 0.2) is 21.4 Å². The second-order valence-corrected chi connectivity index (χ2v) is 10.4. The molecule has 0 saturated carbocycles. The molecule has 0 amide bonds. The molecule has 8 nitrogen and oxygen atoms in total. The van der Waals surface area contributed by atoms with Crippen molar-refractivity contribution in [3.05, 3.63) is 91.3 Å². The summed E-state index contributed by atoms with van der Waals surface area (Å²) in [4.78, 5) is 13.6. The zero-order chi connectivity index (χ0) is 25.8. The molecule has 0 spiro atoms. The van der Waals surface area contributed by atoms with Crippen LogP contribution in [-0.4, -0.2) is 36.2 Å². The second kappa shape index (κ2) is 10.2. The van der Waals surface area contributed by atoms with E-state index in [-0.39, 0.29) is 16.7 Å². The lowest BCUT2D eigenvalue weighted by Crippen LogP contribution is -2.05. The van der Waals surface area contributed by atoms with Gasteiger partial charge in [-0.05, 0) is 30.3 Å². The van der Waals surface area contributed by atoms with E-state index in [1.807, 2.05) is 60.7 Å². The summed E-state index contributed by atoms with van der Waals surface area (Å²) in [6, 6.07) is 24.3. The number of hydrogen-bond acceptors (Lipinski definition) is 8. The lowest BCUT2D eigenvalue weighted by atomic mass is 10.1. The van der Waals surface area contributed by atoms with Crippen molar-refractivity contribution in [2.45, 2.75) is 11.8 Å². The Hall–Kier alpha value is -4.50. The summed E-state index contributed by atoms with van der Waals surface area (Å²) in [7, 11) is -1.87. The molecular formula is C28H24N4O4S. The van der Waals surface area contributed by atoms with Crippen LogP contribution in [0.1, 0.15) is 6.92 Å². The fraction of sp³-hybridized carbons (Fsp3) is 0.107. The van der Waals surface area contributed by atoms with Gasteiger partial charge in [-0.3, -0.25) is 0 Å². The highest BCUT2D eigenvalue weighted by Crippen LogP contribution is 2.33. The van der Waals surface area contributed by atoms with E-state index < -0.39 is 9.84 Å². The topological polar surface area (TPSA) is 107 Å². The molecule has 0 aliphatic carbocycles. The summed E-state index contributed by atoms with van der Waals surface area (Å²) in [5.74, 6) is 1.65. The van der Waals surface area contributed by atoms with Gasteiger partial charge >= 0.3 is 0 Å². The number of sulfone groups is 1. The number of aromatic nitrogens is 3. The molecule has 3 aromatic carbocycles. The molecule has 186 valence electrons. The van der Waals surface area contributed by atoms with Gasteiger partial charge in [0.25, 0.3) is 6.01 Å². The van der Waals surface area contributed by atoms with Crippen molar-refractivity contribution >= 4 is 21.5 Å². The van der Waals surface area contributed by atoms with Gasteiger partial charge in [-0.1, -0.05) is 55.5 Å². The molecular weight excluding hydrogens is 488 g/mol. The first-order valence-electron chi connectivity index (χ1n) is 11.6. The van der Waals surface area contributed by atoms with E-state index >= 15 is 0 Å². The van der Waals surface area contributed by atoms with Gasteiger partial charge in [-0.25, -0.2) is 23.4 Å². The summed E-state index contributed by atoms with van der Waals surface area (Å²) < 4.78 is 36.0. The van der Waals surface area contributed by atoms with Gasteiger partial charge in [0, 0.05) is 22.9 Å². The third kappa shape index (κ3) is 5.22. The van der Waals surface area contributed by atoms with Crippen molar-refractivity contribution in [3.8, 4) is 39.7 Å². The Bertz CT molecular complexity index is 1650. The van der Waals surface area contributed by atoms with Crippen LogP contribution >= 0.6 is 0 Å². The van der Waals surface area contributed by atoms with E-state index in [1.165, 1.54) is 19.2 Å². The first-order valence-corrected chi connectivity index (χ1v) is 13.2. The summed E-state index contributed by atoms with van der Waals surface area (Å²) in [5, 5.41) is 3.03. The van der Waals surface area contributed by atoms with Crippen LogP contribution in [0.15, 0.2) is 101 Å². The SMILES string of the molecule is CCS(=O)(=O)c1ccc(OC)c(Nc2ncc(-c3cccc(-c4ccnc(-c5ccccc5)n4)c3)o2)c1. The maximum Gasteiger partial charge on any atom is 0.299 e. The molecule has 5 rings (SSSR count). The molecule has 0 bridgehead atoms. The highest BCUT2D eigenvalue weighted by Gasteiger charge is 2.16. The lowest BCUT2D eigenvalue weighted by Gasteiger charge is -2.11. The Morgan fingerprint density at radius 2 is 1.68 bits per heavy atom. The molecule has 1 N–H and O–H groups in total. The zero-order valence-electron chi connectivity index (χ0n) is 20.3. The van der Waals surface area contributed by atoms with Gasteiger partial charge in [0.2, 0.25) is 0 Å². The van der Waals surface area contributed by atoms with Crippen LogP contribution in [-0.2, 0) is 9.84 Å². The largest absolute Gasteiger partial charge is 0.495 e. The number of nitrogens with zero attached hydrogens (tertiary/aromatic N) is 3. The van der Waals surface area contributed by atoms with Gasteiger partial charge in [-0.2, -0.15) is 0 Å². The van der Waals surface area contributed by atoms with Crippen molar-refractivity contribution in [3.63, 3.8) is 0 Å². The van der Waals surface area contributed by atoms with Gasteiger partial charge in [0.1, 0.15) is 5.75 Å². The van der Waals surface area contributed by atoms with Gasteiger partial charge < -0.3 is 14.5 Å². The van der Waals surface area contributed by atoms with Crippen LogP contribution in [0, 0.1) is 0 Å². The highest BCUT2D eigenvalue weighted by atomic mass is 32.2. The van der Waals surface area contributed by atoms with Crippen LogP contribution in [0.3, 0.4) is 0 Å². The number of methoxy groups -OCH3 is 1. The lowest BCUT2D eigenvalue weighted by molar-refractivity contribution is 0.416. The Labute approximate surface area is 214 Å². The van der Waals surface area contributed by atoms with Crippen LogP contribution in [0.2, 0.25) is 0 Å². The maximum atomic E-state index is 12.3. The fourth-order valence-corrected chi connectivity index (χ4v) is 4.71. The average Bonchev–Trinajstić information content (AvgIpc) is 3.42. The van der Waals surface area contributed by atoms with E-state index in [0.29, 0.717) is 23.0 Å². The molecule has 2 heterocycles. The van der Waals surface area contributed by atoms with E-state index in [0.717, 1.165) is 22.4 Å². The monoisotopic (exact) mass is 512 g/mol. The highest BCUT2D eigenvalue weighted by molar-refractivity contribution is 7.91. The molecule has 0 fully saturated rings. The van der Waals surface area contributed by atoms with E-state index in [1.54, 1.807) is 25.4 Å². The zero-order valence-corrected chi connectivity index (χ0v) is 21.1. The first-order chi connectivity index (χ1) is 18.0. The molecule has 37 heavy (non-hydrogen) atoms. The number of hydrogen-bond donors (Lipinski definition) is 1. The molecule has 0 aliphatic heterocycles. The summed E-state index contributed by atoms with van der Waals surface area (Å²) in [6.07, 6.45) is 3.35. The predicted molar refractivity (Wildman–Crippen MR) is 142 cm³/mol. The number of nitrogens with one attached hydrogen (secondary N) is 1. The third-order valence-electron chi connectivity index (χ3n) is 5.79. The molecule has 0 atom stereocenters. The standard InChI is InChI=1S/C28H24N4O4S/c1-3-37(33,34)22-12-13-25(35-2)24(17-22)32-28-30-18-26(36-28)21-11-7-10-20(16-21)23-14-15-29-27(31-23)19-8-5-4-6-9-19/h4-18H,3H2,1-2H3,(H,30,32). The smallest absolute Gasteiger partial charge is 0.299 e. The minimum Gasteiger partial charge on any atom is -0.495 e. The first kappa shape index (κ1) is 24.2. The van der Waals surface area contributed by atoms with Crippen LogP contribution in [0.25, 0.3) is 34.0 Å². The fourth-order valence-electron chi connectivity index (χ4n) is 3.80. The Morgan fingerprint density at radius 3 is 2.46 bits per heavy atom. The number of anilines is 2.